The molecule has 0 radical (unpaired) electrons. The normalized spacial score (nSPS) is 19.0. The molecule has 2 aromatic carbocycles. The lowest BCUT2D eigenvalue weighted by Gasteiger charge is -2.26. The molecule has 9 nitrogen and oxygen atoms in total. The third-order valence-corrected chi connectivity index (χ3v) is 7.39. The number of ether oxygens (including phenoxy) is 1. The van der Waals surface area contributed by atoms with Gasteiger partial charge in [-0.3, -0.25) is 4.79 Å². The van der Waals surface area contributed by atoms with Crippen LogP contribution in [0.2, 0.25) is 0 Å². The summed E-state index contributed by atoms with van der Waals surface area (Å²) in [5.74, 6) is -1.06. The summed E-state index contributed by atoms with van der Waals surface area (Å²) in [6, 6.07) is 10.4. The molecular formula is C29H27F3N6O3. The summed E-state index contributed by atoms with van der Waals surface area (Å²) >= 11 is 0. The van der Waals surface area contributed by atoms with Gasteiger partial charge in [0.2, 0.25) is 0 Å². The Morgan fingerprint density at radius 1 is 1.00 bits per heavy atom. The van der Waals surface area contributed by atoms with Crippen LogP contribution in [0.25, 0.3) is 5.65 Å². The highest BCUT2D eigenvalue weighted by atomic mass is 19.1. The summed E-state index contributed by atoms with van der Waals surface area (Å²) in [7, 11) is 0. The van der Waals surface area contributed by atoms with Crippen molar-refractivity contribution < 1.29 is 27.5 Å². The molecule has 2 aromatic heterocycles. The molecule has 12 heteroatoms. The topological polar surface area (TPSA) is 92.1 Å². The molecule has 1 N–H and O–H groups in total. The largest absolute Gasteiger partial charge is 0.415 e. The number of likely N-dealkylation sites (tertiary alicyclic amines) is 1. The molecule has 0 saturated carbocycles. The van der Waals surface area contributed by atoms with Gasteiger partial charge in [0.25, 0.3) is 5.91 Å². The van der Waals surface area contributed by atoms with Crippen LogP contribution in [-0.4, -0.2) is 57.3 Å². The molecule has 2 amide bonds. The number of alkyl halides is 1. The molecule has 2 saturated heterocycles. The molecule has 2 aliphatic rings. The molecule has 2 fully saturated rings. The van der Waals surface area contributed by atoms with E-state index >= 15 is 0 Å². The van der Waals surface area contributed by atoms with Crippen LogP contribution < -0.4 is 15.0 Å². The predicted octanol–water partition coefficient (Wildman–Crippen LogP) is 5.53. The molecule has 0 bridgehead atoms. The summed E-state index contributed by atoms with van der Waals surface area (Å²) in [5.41, 5.74) is 0.887. The smallest absolute Gasteiger partial charge is 0.410 e. The number of benzene rings is 2. The van der Waals surface area contributed by atoms with Gasteiger partial charge in [0, 0.05) is 37.0 Å². The van der Waals surface area contributed by atoms with E-state index in [1.165, 1.54) is 10.7 Å². The number of piperidine rings is 1. The van der Waals surface area contributed by atoms with Crippen LogP contribution in [-0.2, 0) is 0 Å². The number of hydrogen-bond acceptors (Lipinski definition) is 6. The Balaban J connectivity index is 1.19. The van der Waals surface area contributed by atoms with Gasteiger partial charge in [-0.1, -0.05) is 0 Å². The van der Waals surface area contributed by atoms with Gasteiger partial charge in [-0.15, -0.1) is 0 Å². The van der Waals surface area contributed by atoms with E-state index in [1.807, 2.05) is 0 Å². The second kappa shape index (κ2) is 11.1. The minimum Gasteiger partial charge on any atom is -0.410 e. The van der Waals surface area contributed by atoms with Crippen molar-refractivity contribution in [2.24, 2.45) is 0 Å². The number of carbonyl (C=O) groups excluding carboxylic acids is 2. The number of halogens is 3. The van der Waals surface area contributed by atoms with E-state index in [4.69, 9.17) is 4.74 Å². The number of fused-ring (bicyclic) bond motifs is 1. The summed E-state index contributed by atoms with van der Waals surface area (Å²) in [6.07, 6.45) is 4.27. The van der Waals surface area contributed by atoms with Crippen molar-refractivity contribution in [2.75, 3.05) is 29.9 Å². The zero-order chi connectivity index (χ0) is 28.5. The molecule has 0 spiro atoms. The summed E-state index contributed by atoms with van der Waals surface area (Å²) in [6.45, 7) is 1.29. The van der Waals surface area contributed by atoms with Crippen LogP contribution in [0.3, 0.4) is 0 Å². The Morgan fingerprint density at radius 2 is 1.78 bits per heavy atom. The number of nitrogens with zero attached hydrogens (tertiary/aromatic N) is 5. The zero-order valence-corrected chi connectivity index (χ0v) is 22.0. The quantitative estimate of drug-likeness (QED) is 0.343. The van der Waals surface area contributed by atoms with Crippen molar-refractivity contribution in [1.29, 1.82) is 0 Å². The molecule has 41 heavy (non-hydrogen) atoms. The highest BCUT2D eigenvalue weighted by Gasteiger charge is 2.36. The molecular weight excluding hydrogens is 537 g/mol. The molecule has 212 valence electrons. The Hall–Kier alpha value is -4.61. The molecule has 0 unspecified atom stereocenters. The van der Waals surface area contributed by atoms with Gasteiger partial charge in [-0.25, -0.2) is 27.5 Å². The first-order valence-electron chi connectivity index (χ1n) is 13.4. The Labute approximate surface area is 233 Å². The van der Waals surface area contributed by atoms with Crippen molar-refractivity contribution in [3.8, 4) is 5.75 Å². The highest BCUT2D eigenvalue weighted by molar-refractivity contribution is 6.08. The first kappa shape index (κ1) is 26.6. The van der Waals surface area contributed by atoms with Crippen LogP contribution in [0.4, 0.5) is 29.5 Å². The number of rotatable bonds is 5. The minimum atomic E-state index is -1.27. The van der Waals surface area contributed by atoms with E-state index in [0.717, 1.165) is 37.5 Å². The van der Waals surface area contributed by atoms with Crippen molar-refractivity contribution in [3.63, 3.8) is 0 Å². The second-order valence-corrected chi connectivity index (χ2v) is 10.2. The summed E-state index contributed by atoms with van der Waals surface area (Å²) in [5, 5.41) is 6.96. The molecule has 4 heterocycles. The fourth-order valence-corrected chi connectivity index (χ4v) is 5.33. The first-order chi connectivity index (χ1) is 19.9. The third kappa shape index (κ3) is 5.54. The van der Waals surface area contributed by atoms with Gasteiger partial charge >= 0.3 is 6.09 Å². The highest BCUT2D eigenvalue weighted by Crippen LogP contribution is 2.38. The summed E-state index contributed by atoms with van der Waals surface area (Å²) < 4.78 is 49.8. The van der Waals surface area contributed by atoms with Crippen LogP contribution in [0.5, 0.6) is 5.75 Å². The van der Waals surface area contributed by atoms with Gasteiger partial charge < -0.3 is 19.9 Å². The van der Waals surface area contributed by atoms with E-state index < -0.39 is 35.8 Å². The van der Waals surface area contributed by atoms with Gasteiger partial charge in [0.15, 0.2) is 5.65 Å². The minimum absolute atomic E-state index is 0.0246. The molecule has 0 aliphatic carbocycles. The van der Waals surface area contributed by atoms with Crippen molar-refractivity contribution in [3.05, 3.63) is 83.7 Å². The lowest BCUT2D eigenvalue weighted by atomic mass is 10.0. The number of amides is 2. The van der Waals surface area contributed by atoms with E-state index in [1.54, 1.807) is 46.3 Å². The van der Waals surface area contributed by atoms with Gasteiger partial charge in [0.1, 0.15) is 34.9 Å². The fraction of sp³-hybridized carbons (Fsp3) is 0.310. The van der Waals surface area contributed by atoms with E-state index in [0.29, 0.717) is 30.3 Å². The van der Waals surface area contributed by atoms with E-state index in [2.05, 4.69) is 15.4 Å². The zero-order valence-electron chi connectivity index (χ0n) is 22.0. The van der Waals surface area contributed by atoms with Gasteiger partial charge in [0.05, 0.1) is 18.8 Å². The van der Waals surface area contributed by atoms with E-state index in [9.17, 15) is 22.8 Å². The van der Waals surface area contributed by atoms with Crippen molar-refractivity contribution in [1.82, 2.24) is 19.5 Å². The third-order valence-electron chi connectivity index (χ3n) is 7.39. The fourth-order valence-electron chi connectivity index (χ4n) is 5.33. The first-order valence-corrected chi connectivity index (χ1v) is 13.4. The average molecular weight is 565 g/mol. The average Bonchev–Trinajstić information content (AvgIpc) is 3.59. The number of anilines is 2. The molecule has 2 atom stereocenters. The number of nitrogens with one attached hydrogen (secondary N) is 1. The molecule has 6 rings (SSSR count). The Kier molecular flexibility index (Phi) is 7.21. The van der Waals surface area contributed by atoms with Crippen LogP contribution >= 0.6 is 0 Å². The van der Waals surface area contributed by atoms with Crippen LogP contribution in [0.1, 0.15) is 47.6 Å². The van der Waals surface area contributed by atoms with Gasteiger partial charge in [-0.2, -0.15) is 5.10 Å². The molecule has 2 aliphatic heterocycles. The number of aromatic nitrogens is 3. The SMILES string of the molecule is O=C(Nc1ccc(OC(=O)N2CCCCC2)cc1)c1cnn2ccc(N3C[C@@H](F)C[C@@H]3c3cc(F)ccc3F)nc12. The van der Waals surface area contributed by atoms with Crippen LogP contribution in [0.15, 0.2) is 60.9 Å². The number of carbonyl (C=O) groups is 2. The maximum Gasteiger partial charge on any atom is 0.415 e. The monoisotopic (exact) mass is 564 g/mol. The second-order valence-electron chi connectivity index (χ2n) is 10.2. The predicted molar refractivity (Wildman–Crippen MR) is 145 cm³/mol. The molecule has 4 aromatic rings. The standard InChI is InChI=1S/C29H27F3N6O3/c30-18-4-9-24(32)22(14-18)25-15-19(31)17-37(25)26-10-13-38-27(35-26)23(16-33-38)28(39)34-20-5-7-21(8-6-20)41-29(40)36-11-2-1-3-12-36/h4-10,13-14,16,19,25H,1-3,11-12,15,17H2,(H,34,39)/t19-,25+/m0/s1. The summed E-state index contributed by atoms with van der Waals surface area (Å²) in [4.78, 5) is 33.3. The lowest BCUT2D eigenvalue weighted by molar-refractivity contribution is 0.102. The maximum absolute atomic E-state index is 14.6. The van der Waals surface area contributed by atoms with Gasteiger partial charge in [-0.05, 0) is 67.8 Å². The Bertz CT molecular complexity index is 1590. The Morgan fingerprint density at radius 3 is 2.56 bits per heavy atom. The van der Waals surface area contributed by atoms with E-state index in [-0.39, 0.29) is 29.7 Å². The van der Waals surface area contributed by atoms with Crippen molar-refractivity contribution >= 4 is 29.2 Å². The van der Waals surface area contributed by atoms with Crippen LogP contribution in [0, 0.1) is 11.6 Å². The maximum atomic E-state index is 14.6. The van der Waals surface area contributed by atoms with Crippen molar-refractivity contribution in [2.45, 2.75) is 37.9 Å². The lowest BCUT2D eigenvalue weighted by Crippen LogP contribution is -2.37. The number of hydrogen-bond donors (Lipinski definition) is 1.